The summed E-state index contributed by atoms with van der Waals surface area (Å²) >= 11 is 1.68. The fourth-order valence-corrected chi connectivity index (χ4v) is 2.74. The van der Waals surface area contributed by atoms with Crippen LogP contribution in [0.2, 0.25) is 0 Å². The highest BCUT2D eigenvalue weighted by Crippen LogP contribution is 2.24. The van der Waals surface area contributed by atoms with E-state index in [-0.39, 0.29) is 18.0 Å². The maximum atomic E-state index is 11.6. The molecule has 1 aromatic heterocycles. The molecule has 0 aromatic carbocycles. The molecule has 2 atom stereocenters. The summed E-state index contributed by atoms with van der Waals surface area (Å²) in [6, 6.07) is -0.0365. The van der Waals surface area contributed by atoms with Gasteiger partial charge >= 0.3 is 0 Å². The highest BCUT2D eigenvalue weighted by molar-refractivity contribution is 7.11. The number of nitrogens with zero attached hydrogens (tertiary/aromatic N) is 1. The molecular formula is C12H21N3OS. The summed E-state index contributed by atoms with van der Waals surface area (Å²) in [6.45, 7) is 10.5. The number of likely N-dealkylation sites (N-methyl/N-ethyl adjacent to an activating group) is 1. The van der Waals surface area contributed by atoms with Crippen LogP contribution in [0.4, 0.5) is 0 Å². The molecular weight excluding hydrogens is 234 g/mol. The van der Waals surface area contributed by atoms with Crippen LogP contribution in [-0.2, 0) is 4.79 Å². The van der Waals surface area contributed by atoms with Gasteiger partial charge in [-0.3, -0.25) is 10.1 Å². The topological polar surface area (TPSA) is 54.0 Å². The minimum atomic E-state index is -0.188. The monoisotopic (exact) mass is 255 g/mol. The smallest absolute Gasteiger partial charge is 0.236 e. The van der Waals surface area contributed by atoms with Gasteiger partial charge in [-0.2, -0.15) is 0 Å². The van der Waals surface area contributed by atoms with E-state index in [0.717, 1.165) is 10.7 Å². The summed E-state index contributed by atoms with van der Waals surface area (Å²) < 4.78 is 0. The van der Waals surface area contributed by atoms with Gasteiger partial charge in [0, 0.05) is 17.5 Å². The molecule has 0 saturated carbocycles. The van der Waals surface area contributed by atoms with Gasteiger partial charge in [-0.15, -0.1) is 11.3 Å². The third-order valence-electron chi connectivity index (χ3n) is 2.58. The van der Waals surface area contributed by atoms with Gasteiger partial charge in [0.25, 0.3) is 0 Å². The Morgan fingerprint density at radius 3 is 2.53 bits per heavy atom. The van der Waals surface area contributed by atoms with Crippen molar-refractivity contribution in [3.05, 3.63) is 15.6 Å². The van der Waals surface area contributed by atoms with E-state index in [9.17, 15) is 4.79 Å². The summed E-state index contributed by atoms with van der Waals surface area (Å²) in [4.78, 5) is 17.2. The average molecular weight is 255 g/mol. The molecule has 0 aliphatic rings. The zero-order valence-electron chi connectivity index (χ0n) is 11.1. The molecule has 1 rings (SSSR count). The summed E-state index contributed by atoms with van der Waals surface area (Å²) in [5.74, 6) is 0.0400. The summed E-state index contributed by atoms with van der Waals surface area (Å²) in [5.41, 5.74) is 1.05. The molecule has 1 aromatic rings. The molecule has 0 spiro atoms. The number of hydrogen-bond acceptors (Lipinski definition) is 4. The first kappa shape index (κ1) is 14.1. The van der Waals surface area contributed by atoms with Crippen LogP contribution < -0.4 is 10.6 Å². The van der Waals surface area contributed by atoms with E-state index in [0.29, 0.717) is 6.54 Å². The number of hydrogen-bond donors (Lipinski definition) is 2. The number of rotatable bonds is 5. The van der Waals surface area contributed by atoms with E-state index >= 15 is 0 Å². The lowest BCUT2D eigenvalue weighted by Crippen LogP contribution is -2.42. The quantitative estimate of drug-likeness (QED) is 0.845. The second-order valence-electron chi connectivity index (χ2n) is 4.19. The van der Waals surface area contributed by atoms with Gasteiger partial charge < -0.3 is 5.32 Å². The second-order valence-corrected chi connectivity index (χ2v) is 5.42. The van der Waals surface area contributed by atoms with Crippen LogP contribution in [0.1, 0.15) is 42.4 Å². The molecule has 0 aliphatic carbocycles. The van der Waals surface area contributed by atoms with Crippen LogP contribution in [0.5, 0.6) is 0 Å². The molecule has 4 nitrogen and oxygen atoms in total. The Morgan fingerprint density at radius 1 is 1.41 bits per heavy atom. The number of carbonyl (C=O) groups excluding carboxylic acids is 1. The van der Waals surface area contributed by atoms with Gasteiger partial charge in [0.1, 0.15) is 0 Å². The van der Waals surface area contributed by atoms with Gasteiger partial charge in [0.05, 0.1) is 16.7 Å². The molecule has 2 N–H and O–H groups in total. The van der Waals surface area contributed by atoms with Crippen LogP contribution in [0.15, 0.2) is 0 Å². The summed E-state index contributed by atoms with van der Waals surface area (Å²) in [7, 11) is 0. The van der Waals surface area contributed by atoms with Crippen molar-refractivity contribution in [2.24, 2.45) is 0 Å². The third kappa shape index (κ3) is 3.78. The molecule has 0 aliphatic heterocycles. The normalized spacial score (nSPS) is 14.4. The molecule has 1 heterocycles. The van der Waals surface area contributed by atoms with Crippen molar-refractivity contribution in [1.82, 2.24) is 15.6 Å². The van der Waals surface area contributed by atoms with Gasteiger partial charge in [0.15, 0.2) is 0 Å². The summed E-state index contributed by atoms with van der Waals surface area (Å²) in [6.07, 6.45) is 0. The van der Waals surface area contributed by atoms with Crippen molar-refractivity contribution in [1.29, 1.82) is 0 Å². The zero-order valence-corrected chi connectivity index (χ0v) is 11.9. The maximum absolute atomic E-state index is 11.6. The van der Waals surface area contributed by atoms with Gasteiger partial charge in [-0.25, -0.2) is 4.98 Å². The Labute approximate surface area is 107 Å². The van der Waals surface area contributed by atoms with Gasteiger partial charge in [-0.1, -0.05) is 0 Å². The average Bonchev–Trinajstić information content (AvgIpc) is 2.58. The van der Waals surface area contributed by atoms with Gasteiger partial charge in [0.2, 0.25) is 5.91 Å². The fraction of sp³-hybridized carbons (Fsp3) is 0.667. The molecule has 96 valence electrons. The van der Waals surface area contributed by atoms with Crippen molar-refractivity contribution in [2.75, 3.05) is 6.54 Å². The Morgan fingerprint density at radius 2 is 2.06 bits per heavy atom. The molecule has 1 amide bonds. The minimum absolute atomic E-state index is 0.0400. The number of thiazole rings is 1. The van der Waals surface area contributed by atoms with Crippen LogP contribution in [-0.4, -0.2) is 23.5 Å². The maximum Gasteiger partial charge on any atom is 0.236 e. The molecule has 0 saturated heterocycles. The van der Waals surface area contributed by atoms with Crippen molar-refractivity contribution in [2.45, 2.75) is 46.7 Å². The van der Waals surface area contributed by atoms with Crippen LogP contribution in [0, 0.1) is 13.8 Å². The van der Waals surface area contributed by atoms with E-state index in [1.54, 1.807) is 11.3 Å². The number of nitrogens with one attached hydrogen (secondary N) is 2. The number of aromatic nitrogens is 1. The Hall–Kier alpha value is -0.940. The Balaban J connectivity index is 2.63. The van der Waals surface area contributed by atoms with Crippen molar-refractivity contribution >= 4 is 17.2 Å². The van der Waals surface area contributed by atoms with E-state index in [4.69, 9.17) is 0 Å². The highest BCUT2D eigenvalue weighted by atomic mass is 32.1. The van der Waals surface area contributed by atoms with E-state index in [1.165, 1.54) is 4.88 Å². The number of aryl methyl sites for hydroxylation is 2. The van der Waals surface area contributed by atoms with Crippen molar-refractivity contribution in [3.8, 4) is 0 Å². The van der Waals surface area contributed by atoms with Crippen LogP contribution in [0.25, 0.3) is 0 Å². The third-order valence-corrected chi connectivity index (χ3v) is 3.83. The van der Waals surface area contributed by atoms with E-state index in [2.05, 4.69) is 22.5 Å². The molecule has 0 bridgehead atoms. The molecule has 0 fully saturated rings. The van der Waals surface area contributed by atoms with Crippen LogP contribution in [0.3, 0.4) is 0 Å². The standard InChI is InChI=1S/C12H21N3OS/c1-6-13-12(16)9(4)14-7(2)11-8(3)15-10(5)17-11/h7,9,14H,6H2,1-5H3,(H,13,16). The van der Waals surface area contributed by atoms with Gasteiger partial charge in [-0.05, 0) is 34.6 Å². The first-order chi connectivity index (χ1) is 7.95. The number of amides is 1. The predicted octanol–water partition coefficient (Wildman–Crippen LogP) is 1.94. The molecule has 17 heavy (non-hydrogen) atoms. The minimum Gasteiger partial charge on any atom is -0.355 e. The summed E-state index contributed by atoms with van der Waals surface area (Å²) in [5, 5.41) is 7.17. The highest BCUT2D eigenvalue weighted by Gasteiger charge is 2.18. The zero-order chi connectivity index (χ0) is 13.0. The lowest BCUT2D eigenvalue weighted by molar-refractivity contribution is -0.122. The van der Waals surface area contributed by atoms with Crippen molar-refractivity contribution < 1.29 is 4.79 Å². The number of carbonyl (C=O) groups is 1. The second kappa shape index (κ2) is 6.12. The Kier molecular flexibility index (Phi) is 5.08. The molecule has 2 unspecified atom stereocenters. The lowest BCUT2D eigenvalue weighted by Gasteiger charge is -2.18. The van der Waals surface area contributed by atoms with E-state index in [1.807, 2.05) is 27.7 Å². The first-order valence-electron chi connectivity index (χ1n) is 5.93. The predicted molar refractivity (Wildman–Crippen MR) is 71.3 cm³/mol. The Bertz CT molecular complexity index is 389. The first-order valence-corrected chi connectivity index (χ1v) is 6.75. The lowest BCUT2D eigenvalue weighted by atomic mass is 10.2. The van der Waals surface area contributed by atoms with Crippen molar-refractivity contribution in [3.63, 3.8) is 0 Å². The SMILES string of the molecule is CCNC(=O)C(C)NC(C)c1sc(C)nc1C. The fourth-order valence-electron chi connectivity index (χ4n) is 1.80. The molecule has 0 radical (unpaired) electrons. The largest absolute Gasteiger partial charge is 0.355 e. The molecule has 5 heteroatoms. The van der Waals surface area contributed by atoms with E-state index < -0.39 is 0 Å². The van der Waals surface area contributed by atoms with Crippen LogP contribution >= 0.6 is 11.3 Å².